The fourth-order valence-electron chi connectivity index (χ4n) is 4.66. The number of likely N-dealkylation sites (N-methyl/N-ethyl adjacent to an activating group) is 1. The molecule has 33 heavy (non-hydrogen) atoms. The monoisotopic (exact) mass is 453 g/mol. The topological polar surface area (TPSA) is 118 Å². The Morgan fingerprint density at radius 2 is 1.88 bits per heavy atom. The van der Waals surface area contributed by atoms with Gasteiger partial charge in [-0.05, 0) is 24.6 Å². The van der Waals surface area contributed by atoms with Gasteiger partial charge in [0.2, 0.25) is 12.7 Å². The number of urea groups is 1. The number of para-hydroxylation sites is 1. The summed E-state index contributed by atoms with van der Waals surface area (Å²) in [5, 5.41) is 11.7. The van der Waals surface area contributed by atoms with E-state index < -0.39 is 17.4 Å². The number of anilines is 1. The van der Waals surface area contributed by atoms with E-state index in [0.29, 0.717) is 17.2 Å². The summed E-state index contributed by atoms with van der Waals surface area (Å²) in [4.78, 5) is 39.9. The number of carboxylic acid groups (broad SMARTS) is 1. The van der Waals surface area contributed by atoms with E-state index in [1.165, 1.54) is 4.90 Å². The molecule has 3 heterocycles. The van der Waals surface area contributed by atoms with Gasteiger partial charge in [0.25, 0.3) is 0 Å². The summed E-state index contributed by atoms with van der Waals surface area (Å²) >= 11 is 0. The van der Waals surface area contributed by atoms with E-state index in [1.807, 2.05) is 30.3 Å². The lowest BCUT2D eigenvalue weighted by molar-refractivity contribution is -0.137. The number of nitrogens with zero attached hydrogens (tertiary/aromatic N) is 2. The number of rotatable bonds is 6. The Balaban J connectivity index is 1.40. The molecule has 0 aromatic heterocycles. The molecule has 0 saturated carbocycles. The lowest BCUT2D eigenvalue weighted by Crippen LogP contribution is -2.47. The van der Waals surface area contributed by atoms with E-state index in [0.717, 1.165) is 16.8 Å². The molecule has 2 aromatic rings. The van der Waals surface area contributed by atoms with Gasteiger partial charge in [0.1, 0.15) is 24.3 Å². The quantitative estimate of drug-likeness (QED) is 0.682. The zero-order chi connectivity index (χ0) is 23.2. The van der Waals surface area contributed by atoms with E-state index in [1.54, 1.807) is 17.9 Å². The van der Waals surface area contributed by atoms with Crippen molar-refractivity contribution >= 4 is 23.6 Å². The second-order valence-electron chi connectivity index (χ2n) is 8.01. The van der Waals surface area contributed by atoms with Crippen LogP contribution in [0.25, 0.3) is 0 Å². The van der Waals surface area contributed by atoms with Crippen LogP contribution in [0.4, 0.5) is 10.5 Å². The molecular formula is C23H23N3O7. The van der Waals surface area contributed by atoms with E-state index in [-0.39, 0.29) is 45.5 Å². The second kappa shape index (κ2) is 7.88. The van der Waals surface area contributed by atoms with Crippen LogP contribution in [-0.4, -0.2) is 67.5 Å². The number of carbonyl (C=O) groups excluding carboxylic acids is 2. The summed E-state index contributed by atoms with van der Waals surface area (Å²) < 4.78 is 16.9. The summed E-state index contributed by atoms with van der Waals surface area (Å²) in [7, 11) is 0. The summed E-state index contributed by atoms with van der Waals surface area (Å²) in [6.45, 7) is 2.26. The molecule has 172 valence electrons. The van der Waals surface area contributed by atoms with Gasteiger partial charge in [-0.2, -0.15) is 0 Å². The average Bonchev–Trinajstić information content (AvgIpc) is 3.48. The molecule has 2 N–H and O–H groups in total. The normalized spacial score (nSPS) is 19.3. The lowest BCUT2D eigenvalue weighted by atomic mass is 9.77. The first-order valence-corrected chi connectivity index (χ1v) is 10.7. The van der Waals surface area contributed by atoms with Gasteiger partial charge in [0.05, 0.1) is 0 Å². The van der Waals surface area contributed by atoms with E-state index in [9.17, 15) is 14.4 Å². The number of hydrogen-bond acceptors (Lipinski definition) is 6. The van der Waals surface area contributed by atoms with Crippen molar-refractivity contribution in [2.24, 2.45) is 0 Å². The Hall–Kier alpha value is -3.95. The van der Waals surface area contributed by atoms with Gasteiger partial charge < -0.3 is 34.4 Å². The minimum Gasteiger partial charge on any atom is -0.491 e. The number of ether oxygens (including phenoxy) is 3. The SMILES string of the molecule is CCN(CC(=O)O)C(=O)NCCN1C(=O)C2(COc3cc4c(cc32)OCO4)c2ccccc21. The molecule has 0 saturated heterocycles. The molecule has 0 fully saturated rings. The van der Waals surface area contributed by atoms with Crippen molar-refractivity contribution in [3.63, 3.8) is 0 Å². The zero-order valence-electron chi connectivity index (χ0n) is 18.0. The third kappa shape index (κ3) is 3.21. The highest BCUT2D eigenvalue weighted by Gasteiger charge is 2.57. The predicted octanol–water partition coefficient (Wildman–Crippen LogP) is 1.56. The van der Waals surface area contributed by atoms with Crippen LogP contribution in [0.5, 0.6) is 17.2 Å². The number of amides is 3. The standard InChI is InChI=1S/C23H23N3O7/c1-2-25(11-20(27)28)22(30)24-7-8-26-16-6-4-3-5-14(16)23(21(26)29)12-31-17-10-19-18(9-15(17)23)32-13-33-19/h3-6,9-10H,2,7-8,11-13H2,1H3,(H,24,30)(H,27,28). The Morgan fingerprint density at radius 3 is 2.64 bits per heavy atom. The number of carbonyl (C=O) groups is 3. The number of nitrogens with one attached hydrogen (secondary N) is 1. The number of hydrogen-bond donors (Lipinski definition) is 2. The van der Waals surface area contributed by atoms with Crippen LogP contribution < -0.4 is 24.4 Å². The van der Waals surface area contributed by atoms with E-state index in [4.69, 9.17) is 19.3 Å². The van der Waals surface area contributed by atoms with E-state index in [2.05, 4.69) is 5.32 Å². The van der Waals surface area contributed by atoms with Crippen molar-refractivity contribution in [1.82, 2.24) is 10.2 Å². The lowest BCUT2D eigenvalue weighted by Gasteiger charge is -2.24. The minimum atomic E-state index is -1.08. The third-order valence-corrected chi connectivity index (χ3v) is 6.25. The van der Waals surface area contributed by atoms with Crippen molar-refractivity contribution < 1.29 is 33.7 Å². The molecule has 3 aliphatic heterocycles. The molecule has 0 bridgehead atoms. The van der Waals surface area contributed by atoms with Gasteiger partial charge in [0.15, 0.2) is 11.5 Å². The summed E-state index contributed by atoms with van der Waals surface area (Å²) in [5.74, 6) is 0.523. The van der Waals surface area contributed by atoms with Crippen LogP contribution in [0.2, 0.25) is 0 Å². The highest BCUT2D eigenvalue weighted by Crippen LogP contribution is 2.54. The first-order valence-electron chi connectivity index (χ1n) is 10.7. The van der Waals surface area contributed by atoms with E-state index >= 15 is 0 Å². The van der Waals surface area contributed by atoms with Crippen LogP contribution in [0.15, 0.2) is 36.4 Å². The molecule has 10 heteroatoms. The van der Waals surface area contributed by atoms with Gasteiger partial charge in [-0.1, -0.05) is 18.2 Å². The third-order valence-electron chi connectivity index (χ3n) is 6.25. The fraction of sp³-hybridized carbons (Fsp3) is 0.348. The van der Waals surface area contributed by atoms with Gasteiger partial charge in [-0.25, -0.2) is 4.79 Å². The minimum absolute atomic E-state index is 0.123. The molecule has 2 aromatic carbocycles. The van der Waals surface area contributed by atoms with Crippen molar-refractivity contribution in [2.45, 2.75) is 12.3 Å². The maximum Gasteiger partial charge on any atom is 0.323 e. The Kier molecular flexibility index (Phi) is 4.99. The summed E-state index contributed by atoms with van der Waals surface area (Å²) in [6.07, 6.45) is 0. The number of aliphatic carboxylic acids is 1. The highest BCUT2D eigenvalue weighted by molar-refractivity contribution is 6.11. The summed E-state index contributed by atoms with van der Waals surface area (Å²) in [5.41, 5.74) is 1.31. The molecule has 1 unspecified atom stereocenters. The maximum absolute atomic E-state index is 13.8. The Bertz CT molecular complexity index is 1150. The van der Waals surface area contributed by atoms with Crippen LogP contribution >= 0.6 is 0 Å². The van der Waals surface area contributed by atoms with Crippen molar-refractivity contribution in [3.05, 3.63) is 47.5 Å². The maximum atomic E-state index is 13.8. The molecule has 1 spiro atoms. The van der Waals surface area contributed by atoms with Crippen LogP contribution in [-0.2, 0) is 15.0 Å². The zero-order valence-corrected chi connectivity index (χ0v) is 18.0. The van der Waals surface area contributed by atoms with Crippen molar-refractivity contribution in [1.29, 1.82) is 0 Å². The largest absolute Gasteiger partial charge is 0.491 e. The van der Waals surface area contributed by atoms with Gasteiger partial charge >= 0.3 is 12.0 Å². The molecule has 5 rings (SSSR count). The molecule has 0 aliphatic carbocycles. The first kappa shape index (κ1) is 20.9. The van der Waals surface area contributed by atoms with Crippen LogP contribution in [0.3, 0.4) is 0 Å². The van der Waals surface area contributed by atoms with Gasteiger partial charge in [-0.3, -0.25) is 9.59 Å². The molecular weight excluding hydrogens is 430 g/mol. The average molecular weight is 453 g/mol. The van der Waals surface area contributed by atoms with Crippen LogP contribution in [0.1, 0.15) is 18.1 Å². The van der Waals surface area contributed by atoms with Crippen molar-refractivity contribution in [3.8, 4) is 17.2 Å². The molecule has 3 amide bonds. The van der Waals surface area contributed by atoms with Gasteiger partial charge in [-0.15, -0.1) is 0 Å². The highest BCUT2D eigenvalue weighted by atomic mass is 16.7. The second-order valence-corrected chi connectivity index (χ2v) is 8.01. The number of benzene rings is 2. The Labute approximate surface area is 189 Å². The van der Waals surface area contributed by atoms with Crippen LogP contribution in [0, 0.1) is 0 Å². The number of fused-ring (bicyclic) bond motifs is 5. The smallest absolute Gasteiger partial charge is 0.323 e. The molecule has 1 atom stereocenters. The molecule has 0 radical (unpaired) electrons. The molecule has 3 aliphatic rings. The molecule has 10 nitrogen and oxygen atoms in total. The van der Waals surface area contributed by atoms with Crippen molar-refractivity contribution in [2.75, 3.05) is 44.5 Å². The Morgan fingerprint density at radius 1 is 1.12 bits per heavy atom. The first-order chi connectivity index (χ1) is 16.0. The summed E-state index contributed by atoms with van der Waals surface area (Å²) in [6, 6.07) is 10.6. The fourth-order valence-corrected chi connectivity index (χ4v) is 4.66. The number of carboxylic acids is 1. The van der Waals surface area contributed by atoms with Gasteiger partial charge in [0, 0.05) is 37.0 Å². The predicted molar refractivity (Wildman–Crippen MR) is 116 cm³/mol.